The van der Waals surface area contributed by atoms with Gasteiger partial charge in [0.15, 0.2) is 0 Å². The zero-order valence-electron chi connectivity index (χ0n) is 21.0. The van der Waals surface area contributed by atoms with Gasteiger partial charge in [-0.2, -0.15) is 0 Å². The van der Waals surface area contributed by atoms with E-state index in [1.807, 2.05) is 30.9 Å². The molecule has 2 atom stereocenters. The molecule has 4 rings (SSSR count). The van der Waals surface area contributed by atoms with Crippen molar-refractivity contribution in [2.45, 2.75) is 45.6 Å². The molecule has 2 fully saturated rings. The third kappa shape index (κ3) is 5.25. The highest BCUT2D eigenvalue weighted by Gasteiger charge is 2.48. The molecule has 0 saturated carbocycles. The van der Waals surface area contributed by atoms with Crippen molar-refractivity contribution in [1.29, 1.82) is 0 Å². The molecule has 0 bridgehead atoms. The van der Waals surface area contributed by atoms with Crippen molar-refractivity contribution in [2.24, 2.45) is 11.3 Å². The predicted molar refractivity (Wildman–Crippen MR) is 132 cm³/mol. The third-order valence-electron chi connectivity index (χ3n) is 7.83. The summed E-state index contributed by atoms with van der Waals surface area (Å²) in [5.74, 6) is -1.06. The monoisotopic (exact) mass is 483 g/mol. The number of nitrogens with zero attached hydrogens (tertiary/aromatic N) is 2. The zero-order valence-corrected chi connectivity index (χ0v) is 21.0. The number of hydrogen-bond donors (Lipinski definition) is 1. The number of amides is 2. The number of benzene rings is 2. The van der Waals surface area contributed by atoms with Gasteiger partial charge in [-0.1, -0.05) is 32.0 Å². The van der Waals surface area contributed by atoms with Crippen molar-refractivity contribution in [2.75, 3.05) is 33.2 Å². The largest absolute Gasteiger partial charge is 0.341 e. The van der Waals surface area contributed by atoms with Gasteiger partial charge in [0.25, 0.3) is 5.91 Å². The summed E-state index contributed by atoms with van der Waals surface area (Å²) in [6.45, 7) is 8.65. The van der Waals surface area contributed by atoms with Gasteiger partial charge in [-0.15, -0.1) is 0 Å². The van der Waals surface area contributed by atoms with Gasteiger partial charge < -0.3 is 15.1 Å². The Morgan fingerprint density at radius 1 is 1.03 bits per heavy atom. The second-order valence-electron chi connectivity index (χ2n) is 10.6. The molecule has 7 heteroatoms. The summed E-state index contributed by atoms with van der Waals surface area (Å²) in [7, 11) is 2.11. The number of likely N-dealkylation sites (N-methyl/N-ethyl adjacent to an activating group) is 1. The number of aryl methyl sites for hydroxylation is 1. The van der Waals surface area contributed by atoms with Gasteiger partial charge >= 0.3 is 0 Å². The molecule has 0 aliphatic carbocycles. The number of nitrogens with one attached hydrogen (secondary N) is 1. The van der Waals surface area contributed by atoms with E-state index in [-0.39, 0.29) is 28.6 Å². The maximum Gasteiger partial charge on any atom is 0.252 e. The third-order valence-corrected chi connectivity index (χ3v) is 7.83. The molecule has 5 nitrogen and oxygen atoms in total. The number of hydrogen-bond acceptors (Lipinski definition) is 3. The van der Waals surface area contributed by atoms with Gasteiger partial charge in [-0.05, 0) is 73.5 Å². The molecule has 0 aromatic heterocycles. The quantitative estimate of drug-likeness (QED) is 0.687. The smallest absolute Gasteiger partial charge is 0.252 e. The highest BCUT2D eigenvalue weighted by molar-refractivity contribution is 5.98. The molecule has 2 aliphatic heterocycles. The number of halogens is 2. The van der Waals surface area contributed by atoms with Gasteiger partial charge in [-0.3, -0.25) is 9.59 Å². The standard InChI is InChI=1S/C28H35F2N3O2/c1-18(2)25(31-26(34)23-15-22(30)8-5-19(23)3)27(35)33-13-11-28(12-14-33)17-32(4)16-24(28)20-6-9-21(29)10-7-20/h5-10,15,18,24-25H,11-14,16-17H2,1-4H3,(H,31,34)/t24?,25-/m1/s1. The van der Waals surface area contributed by atoms with Crippen LogP contribution >= 0.6 is 0 Å². The van der Waals surface area contributed by atoms with Crippen LogP contribution < -0.4 is 5.32 Å². The van der Waals surface area contributed by atoms with Crippen LogP contribution in [0.1, 0.15) is 54.1 Å². The van der Waals surface area contributed by atoms with Crippen molar-refractivity contribution in [3.63, 3.8) is 0 Å². The lowest BCUT2D eigenvalue weighted by Gasteiger charge is -2.44. The molecule has 188 valence electrons. The Bertz CT molecular complexity index is 1080. The molecule has 2 aliphatic rings. The van der Waals surface area contributed by atoms with Gasteiger partial charge in [0, 0.05) is 37.7 Å². The summed E-state index contributed by atoms with van der Waals surface area (Å²) >= 11 is 0. The van der Waals surface area contributed by atoms with Gasteiger partial charge in [-0.25, -0.2) is 8.78 Å². The van der Waals surface area contributed by atoms with E-state index in [2.05, 4.69) is 17.3 Å². The first-order valence-corrected chi connectivity index (χ1v) is 12.4. The fourth-order valence-corrected chi connectivity index (χ4v) is 5.82. The van der Waals surface area contributed by atoms with Crippen LogP contribution in [0, 0.1) is 29.9 Å². The molecule has 2 aromatic rings. The van der Waals surface area contributed by atoms with Crippen LogP contribution in [-0.2, 0) is 4.79 Å². The lowest BCUT2D eigenvalue weighted by Crippen LogP contribution is -2.54. The van der Waals surface area contributed by atoms with Crippen LogP contribution in [-0.4, -0.2) is 60.9 Å². The summed E-state index contributed by atoms with van der Waals surface area (Å²) in [5.41, 5.74) is 2.10. The number of likely N-dealkylation sites (tertiary alicyclic amines) is 2. The lowest BCUT2D eigenvalue weighted by molar-refractivity contribution is -0.136. The molecule has 2 aromatic carbocycles. The minimum atomic E-state index is -0.682. The van der Waals surface area contributed by atoms with E-state index in [9.17, 15) is 18.4 Å². The van der Waals surface area contributed by atoms with Crippen molar-refractivity contribution in [3.8, 4) is 0 Å². The number of carbonyl (C=O) groups is 2. The first kappa shape index (κ1) is 25.3. The fraction of sp³-hybridized carbons (Fsp3) is 0.500. The molecule has 2 amide bonds. The number of carbonyl (C=O) groups excluding carboxylic acids is 2. The Morgan fingerprint density at radius 3 is 2.29 bits per heavy atom. The molecular formula is C28H35F2N3O2. The van der Waals surface area contributed by atoms with Crippen molar-refractivity contribution >= 4 is 11.8 Å². The van der Waals surface area contributed by atoms with Crippen LogP contribution in [0.3, 0.4) is 0 Å². The molecule has 1 spiro atoms. The van der Waals surface area contributed by atoms with Gasteiger partial charge in [0.2, 0.25) is 5.91 Å². The Hall–Kier alpha value is -2.80. The van der Waals surface area contributed by atoms with Crippen LogP contribution in [0.2, 0.25) is 0 Å². The molecular weight excluding hydrogens is 448 g/mol. The molecule has 2 heterocycles. The minimum absolute atomic E-state index is 0.0403. The van der Waals surface area contributed by atoms with E-state index in [1.165, 1.54) is 24.3 Å². The minimum Gasteiger partial charge on any atom is -0.341 e. The van der Waals surface area contributed by atoms with Crippen LogP contribution in [0.15, 0.2) is 42.5 Å². The van der Waals surface area contributed by atoms with Crippen molar-refractivity contribution in [3.05, 3.63) is 70.8 Å². The summed E-state index contributed by atoms with van der Waals surface area (Å²) < 4.78 is 27.2. The van der Waals surface area contributed by atoms with Gasteiger partial charge in [0.1, 0.15) is 17.7 Å². The Morgan fingerprint density at radius 2 is 1.66 bits per heavy atom. The second kappa shape index (κ2) is 10.1. The van der Waals surface area contributed by atoms with E-state index >= 15 is 0 Å². The lowest BCUT2D eigenvalue weighted by atomic mass is 9.68. The highest BCUT2D eigenvalue weighted by Crippen LogP contribution is 2.49. The van der Waals surface area contributed by atoms with E-state index in [0.29, 0.717) is 24.6 Å². The first-order valence-electron chi connectivity index (χ1n) is 12.4. The molecule has 1 N–H and O–H groups in total. The number of piperidine rings is 1. The van der Waals surface area contributed by atoms with Crippen molar-refractivity contribution in [1.82, 2.24) is 15.1 Å². The maximum atomic E-state index is 13.7. The number of rotatable bonds is 5. The van der Waals surface area contributed by atoms with Crippen LogP contribution in [0.4, 0.5) is 8.78 Å². The molecule has 35 heavy (non-hydrogen) atoms. The van der Waals surface area contributed by atoms with E-state index in [4.69, 9.17) is 0 Å². The fourth-order valence-electron chi connectivity index (χ4n) is 5.82. The molecule has 1 unspecified atom stereocenters. The Kier molecular flexibility index (Phi) is 7.27. The maximum absolute atomic E-state index is 13.7. The first-order chi connectivity index (χ1) is 16.6. The average Bonchev–Trinajstić information content (AvgIpc) is 3.14. The summed E-state index contributed by atoms with van der Waals surface area (Å²) in [6.07, 6.45) is 1.71. The highest BCUT2D eigenvalue weighted by atomic mass is 19.1. The average molecular weight is 484 g/mol. The summed E-state index contributed by atoms with van der Waals surface area (Å²) in [4.78, 5) is 30.6. The van der Waals surface area contributed by atoms with E-state index in [0.717, 1.165) is 31.5 Å². The zero-order chi connectivity index (χ0) is 25.3. The normalized spacial score (nSPS) is 20.9. The Balaban J connectivity index is 1.46. The summed E-state index contributed by atoms with van der Waals surface area (Å²) in [6, 6.07) is 10.2. The molecule has 2 saturated heterocycles. The predicted octanol–water partition coefficient (Wildman–Crippen LogP) is 4.37. The van der Waals surface area contributed by atoms with E-state index in [1.54, 1.807) is 13.0 Å². The topological polar surface area (TPSA) is 52.7 Å². The van der Waals surface area contributed by atoms with Crippen LogP contribution in [0.25, 0.3) is 0 Å². The van der Waals surface area contributed by atoms with Crippen LogP contribution in [0.5, 0.6) is 0 Å². The van der Waals surface area contributed by atoms with Crippen molar-refractivity contribution < 1.29 is 18.4 Å². The Labute approximate surface area is 206 Å². The van der Waals surface area contributed by atoms with Gasteiger partial charge in [0.05, 0.1) is 0 Å². The molecule has 0 radical (unpaired) electrons. The second-order valence-corrected chi connectivity index (χ2v) is 10.6. The summed E-state index contributed by atoms with van der Waals surface area (Å²) in [5, 5.41) is 2.87. The SMILES string of the molecule is Cc1ccc(F)cc1C(=O)N[C@@H](C(=O)N1CCC2(CC1)CN(C)CC2c1ccc(F)cc1)C(C)C. The van der Waals surface area contributed by atoms with E-state index < -0.39 is 17.8 Å².